The van der Waals surface area contributed by atoms with Crippen molar-refractivity contribution in [1.29, 1.82) is 0 Å². The van der Waals surface area contributed by atoms with Gasteiger partial charge in [-0.1, -0.05) is 26.8 Å². The summed E-state index contributed by atoms with van der Waals surface area (Å²) < 4.78 is 42.4. The predicted octanol–water partition coefficient (Wildman–Crippen LogP) is 3.62. The second-order valence-electron chi connectivity index (χ2n) is 5.43. The van der Waals surface area contributed by atoms with Gasteiger partial charge in [0.25, 0.3) is 5.91 Å². The highest BCUT2D eigenvalue weighted by atomic mass is 35.5. The Morgan fingerprint density at radius 3 is 2.18 bits per heavy atom. The molecule has 0 aliphatic heterocycles. The number of carbonyl (C=O) groups is 1. The Bertz CT molecular complexity index is 581. The molecule has 1 amide bonds. The Labute approximate surface area is 137 Å². The van der Waals surface area contributed by atoms with Gasteiger partial charge in [0.2, 0.25) is 5.96 Å². The molecule has 1 aromatic rings. The third-order valence-corrected chi connectivity index (χ3v) is 2.91. The lowest BCUT2D eigenvalue weighted by Gasteiger charge is -2.24. The van der Waals surface area contributed by atoms with E-state index in [1.54, 1.807) is 20.8 Å². The van der Waals surface area contributed by atoms with Crippen molar-refractivity contribution in [1.82, 2.24) is 5.32 Å². The van der Waals surface area contributed by atoms with Gasteiger partial charge in [0.1, 0.15) is 0 Å². The number of alkyl halides is 3. The number of guanidine groups is 1. The van der Waals surface area contributed by atoms with Gasteiger partial charge in [-0.2, -0.15) is 13.2 Å². The van der Waals surface area contributed by atoms with Crippen molar-refractivity contribution in [2.24, 2.45) is 10.2 Å². The lowest BCUT2D eigenvalue weighted by atomic mass is 9.83. The third kappa shape index (κ3) is 5.06. The Kier molecular flexibility index (Phi) is 6.71. The highest BCUT2D eigenvalue weighted by Crippen LogP contribution is 2.37. The fourth-order valence-electron chi connectivity index (χ4n) is 1.78. The van der Waals surface area contributed by atoms with Crippen LogP contribution in [-0.2, 0) is 11.6 Å². The van der Waals surface area contributed by atoms with Crippen LogP contribution >= 0.6 is 24.2 Å². The van der Waals surface area contributed by atoms with E-state index < -0.39 is 29.0 Å². The summed E-state index contributed by atoms with van der Waals surface area (Å²) in [6, 6.07) is 3.37. The largest absolute Gasteiger partial charge is 0.416 e. The summed E-state index contributed by atoms with van der Waals surface area (Å²) in [6.07, 6.45) is -4.56. The van der Waals surface area contributed by atoms with E-state index in [2.05, 4.69) is 9.83 Å². The molecule has 0 heterocycles. The predicted molar refractivity (Wildman–Crippen MR) is 82.3 cm³/mol. The van der Waals surface area contributed by atoms with Crippen molar-refractivity contribution in [2.45, 2.75) is 32.4 Å². The van der Waals surface area contributed by atoms with Crippen molar-refractivity contribution in [3.8, 4) is 0 Å². The van der Waals surface area contributed by atoms with E-state index in [0.717, 1.165) is 6.07 Å². The molecule has 0 aliphatic carbocycles. The molecule has 4 nitrogen and oxygen atoms in total. The standard InChI is InChI=1S/C13H15ClF3N3O.ClH/c1-12(2,3)8-5-4-7(6-9(8)13(15,16)17)10(21)19-11(18)20-14;/h4-6H,1-3H3,(H3,18,19,20,21);1H. The Hall–Kier alpha value is -1.47. The molecular formula is C13H16Cl2F3N3O. The first-order valence-electron chi connectivity index (χ1n) is 5.94. The lowest BCUT2D eigenvalue weighted by Crippen LogP contribution is -2.36. The molecule has 0 aromatic heterocycles. The summed E-state index contributed by atoms with van der Waals surface area (Å²) in [5.74, 6) is -1.21. The highest BCUT2D eigenvalue weighted by Gasteiger charge is 2.37. The summed E-state index contributed by atoms with van der Waals surface area (Å²) >= 11 is 5.04. The summed E-state index contributed by atoms with van der Waals surface area (Å²) in [6.45, 7) is 4.99. The Balaban J connectivity index is 0.00000441. The second-order valence-corrected chi connectivity index (χ2v) is 5.60. The molecule has 0 aliphatic rings. The molecule has 124 valence electrons. The maximum atomic E-state index is 13.1. The molecular weight excluding hydrogens is 342 g/mol. The van der Waals surface area contributed by atoms with Gasteiger partial charge in [-0.25, -0.2) is 0 Å². The molecule has 0 bridgehead atoms. The van der Waals surface area contributed by atoms with E-state index >= 15 is 0 Å². The monoisotopic (exact) mass is 357 g/mol. The van der Waals surface area contributed by atoms with Crippen LogP contribution in [0.5, 0.6) is 0 Å². The van der Waals surface area contributed by atoms with Gasteiger partial charge in [-0.05, 0) is 23.1 Å². The molecule has 0 atom stereocenters. The number of carbonyl (C=O) groups excluding carboxylic acids is 1. The van der Waals surface area contributed by atoms with Crippen LogP contribution < -0.4 is 11.1 Å². The van der Waals surface area contributed by atoms with Gasteiger partial charge in [0.15, 0.2) is 0 Å². The fraction of sp³-hybridized carbons (Fsp3) is 0.385. The summed E-state index contributed by atoms with van der Waals surface area (Å²) in [5.41, 5.74) is 3.55. The van der Waals surface area contributed by atoms with Crippen molar-refractivity contribution >= 4 is 36.1 Å². The molecule has 9 heteroatoms. The van der Waals surface area contributed by atoms with Crippen LogP contribution in [0.2, 0.25) is 0 Å². The second kappa shape index (κ2) is 7.19. The first kappa shape index (κ1) is 20.5. The van der Waals surface area contributed by atoms with Crippen LogP contribution in [0.25, 0.3) is 0 Å². The maximum absolute atomic E-state index is 13.1. The first-order chi connectivity index (χ1) is 9.46. The Morgan fingerprint density at radius 2 is 1.77 bits per heavy atom. The minimum Gasteiger partial charge on any atom is -0.369 e. The van der Waals surface area contributed by atoms with E-state index in [1.165, 1.54) is 12.1 Å². The number of rotatable bonds is 1. The van der Waals surface area contributed by atoms with Gasteiger partial charge in [-0.3, -0.25) is 10.1 Å². The zero-order valence-corrected chi connectivity index (χ0v) is 13.7. The first-order valence-corrected chi connectivity index (χ1v) is 6.28. The molecule has 0 saturated heterocycles. The van der Waals surface area contributed by atoms with Crippen LogP contribution in [-0.4, -0.2) is 11.9 Å². The van der Waals surface area contributed by atoms with Crippen molar-refractivity contribution in [3.63, 3.8) is 0 Å². The average Bonchev–Trinajstić information content (AvgIpc) is 2.35. The van der Waals surface area contributed by atoms with Crippen LogP contribution in [0.15, 0.2) is 22.7 Å². The number of nitrogens with two attached hydrogens (primary N) is 1. The van der Waals surface area contributed by atoms with E-state index in [0.29, 0.717) is 0 Å². The molecule has 3 N–H and O–H groups in total. The molecule has 22 heavy (non-hydrogen) atoms. The molecule has 0 fully saturated rings. The normalized spacial score (nSPS) is 12.6. The number of halogens is 5. The Morgan fingerprint density at radius 1 is 1.23 bits per heavy atom. The van der Waals surface area contributed by atoms with Gasteiger partial charge >= 0.3 is 6.18 Å². The molecule has 0 unspecified atom stereocenters. The van der Waals surface area contributed by atoms with Crippen LogP contribution in [0.1, 0.15) is 42.3 Å². The summed E-state index contributed by atoms with van der Waals surface area (Å²) in [7, 11) is 0. The SMILES string of the molecule is CC(C)(C)c1ccc(C(=O)NC(N)=NCl)cc1C(F)(F)F.Cl. The van der Waals surface area contributed by atoms with E-state index in [9.17, 15) is 18.0 Å². The highest BCUT2D eigenvalue weighted by molar-refractivity contribution is 6.21. The molecule has 0 spiro atoms. The molecule has 0 radical (unpaired) electrons. The maximum Gasteiger partial charge on any atom is 0.416 e. The van der Waals surface area contributed by atoms with Gasteiger partial charge in [0, 0.05) is 17.3 Å². The fourth-order valence-corrected chi connectivity index (χ4v) is 1.83. The number of hydrogen-bond donors (Lipinski definition) is 2. The van der Waals surface area contributed by atoms with Gasteiger partial charge in [-0.15, -0.1) is 16.9 Å². The zero-order valence-electron chi connectivity index (χ0n) is 12.1. The third-order valence-electron chi connectivity index (χ3n) is 2.73. The van der Waals surface area contributed by atoms with Crippen LogP contribution in [0.3, 0.4) is 0 Å². The van der Waals surface area contributed by atoms with Gasteiger partial charge < -0.3 is 5.73 Å². The van der Waals surface area contributed by atoms with Gasteiger partial charge in [0.05, 0.1) is 5.56 Å². The molecule has 0 saturated carbocycles. The smallest absolute Gasteiger partial charge is 0.369 e. The van der Waals surface area contributed by atoms with Crippen LogP contribution in [0.4, 0.5) is 13.2 Å². The summed E-state index contributed by atoms with van der Waals surface area (Å²) in [4.78, 5) is 11.8. The van der Waals surface area contributed by atoms with Crippen molar-refractivity contribution < 1.29 is 18.0 Å². The minimum atomic E-state index is -4.56. The van der Waals surface area contributed by atoms with Crippen LogP contribution in [0, 0.1) is 0 Å². The number of nitrogens with zero attached hydrogens (tertiary/aromatic N) is 1. The van der Waals surface area contributed by atoms with E-state index in [4.69, 9.17) is 17.5 Å². The summed E-state index contributed by atoms with van der Waals surface area (Å²) in [5, 5.41) is 2.07. The van der Waals surface area contributed by atoms with E-state index in [1.807, 2.05) is 0 Å². The minimum absolute atomic E-state index is 0. The topological polar surface area (TPSA) is 67.5 Å². The molecule has 1 rings (SSSR count). The lowest BCUT2D eigenvalue weighted by molar-refractivity contribution is -0.138. The number of amides is 1. The van der Waals surface area contributed by atoms with Crippen molar-refractivity contribution in [2.75, 3.05) is 0 Å². The number of nitrogens with one attached hydrogen (secondary N) is 1. The van der Waals surface area contributed by atoms with E-state index in [-0.39, 0.29) is 23.5 Å². The quantitative estimate of drug-likeness (QED) is 0.595. The van der Waals surface area contributed by atoms with Crippen molar-refractivity contribution in [3.05, 3.63) is 34.9 Å². The zero-order chi connectivity index (χ0) is 16.4. The molecule has 1 aromatic carbocycles. The number of hydrogen-bond acceptors (Lipinski definition) is 2. The number of benzene rings is 1. The average molecular weight is 358 g/mol.